The van der Waals surface area contributed by atoms with Crippen molar-refractivity contribution in [1.82, 2.24) is 19.6 Å². The molecule has 1 aromatic carbocycles. The Labute approximate surface area is 253 Å². The van der Waals surface area contributed by atoms with Gasteiger partial charge in [0.05, 0.1) is 30.7 Å². The van der Waals surface area contributed by atoms with Crippen LogP contribution in [0.3, 0.4) is 0 Å². The van der Waals surface area contributed by atoms with Crippen molar-refractivity contribution in [3.63, 3.8) is 0 Å². The van der Waals surface area contributed by atoms with E-state index < -0.39 is 29.1 Å². The third kappa shape index (κ3) is 5.32. The number of carbonyl (C=O) groups is 3. The second-order valence-corrected chi connectivity index (χ2v) is 12.3. The van der Waals surface area contributed by atoms with Gasteiger partial charge in [-0.1, -0.05) is 61.6 Å². The average Bonchev–Trinajstić information content (AvgIpc) is 3.32. The lowest BCUT2D eigenvalue weighted by Gasteiger charge is -2.39. The first kappa shape index (κ1) is 30.0. The molecule has 5 aliphatic heterocycles. The number of rotatable bonds is 10. The molecule has 1 N–H and O–H groups in total. The van der Waals surface area contributed by atoms with E-state index in [1.807, 2.05) is 71.4 Å². The first-order valence-corrected chi connectivity index (χ1v) is 15.8. The number of ether oxygens (including phenoxy) is 2. The van der Waals surface area contributed by atoms with Crippen LogP contribution >= 0.6 is 0 Å². The fourth-order valence-electron chi connectivity index (χ4n) is 7.73. The lowest BCUT2D eigenvalue weighted by Crippen LogP contribution is -2.57. The zero-order valence-electron chi connectivity index (χ0n) is 25.1. The van der Waals surface area contributed by atoms with E-state index in [0.29, 0.717) is 65.2 Å². The fraction of sp³-hybridized carbons (Fsp3) is 0.606. The summed E-state index contributed by atoms with van der Waals surface area (Å²) in [6, 6.07) is 9.00. The zero-order valence-corrected chi connectivity index (χ0v) is 25.1. The Balaban J connectivity index is 1.35. The number of hydrogen-bond acceptors (Lipinski definition) is 7. The highest BCUT2D eigenvalue weighted by Gasteiger charge is 2.75. The molecule has 0 aliphatic carbocycles. The van der Waals surface area contributed by atoms with Gasteiger partial charge < -0.3 is 29.3 Å². The Morgan fingerprint density at radius 1 is 0.860 bits per heavy atom. The second-order valence-electron chi connectivity index (χ2n) is 12.3. The third-order valence-electron chi connectivity index (χ3n) is 9.92. The van der Waals surface area contributed by atoms with Gasteiger partial charge in [-0.15, -0.1) is 0 Å². The molecule has 0 bridgehead atoms. The van der Waals surface area contributed by atoms with Crippen LogP contribution in [0.2, 0.25) is 0 Å². The SMILES string of the molecule is CC[C@@]12C=CCN(Cc3ccccc3)C(=O)[C@@H]1[C@H]1C(=O)N(CCCCO)C3C(=O)N(CCN4CCOCC4)CC=C[C@@]31O2. The normalized spacial score (nSPS) is 32.6. The number of morpholine rings is 1. The summed E-state index contributed by atoms with van der Waals surface area (Å²) in [4.78, 5) is 51.1. The van der Waals surface area contributed by atoms with Crippen molar-refractivity contribution in [2.45, 2.75) is 50.0 Å². The number of unbranched alkanes of at least 4 members (excludes halogenated alkanes) is 1. The van der Waals surface area contributed by atoms with E-state index in [-0.39, 0.29) is 24.3 Å². The van der Waals surface area contributed by atoms with Gasteiger partial charge in [-0.3, -0.25) is 19.3 Å². The van der Waals surface area contributed by atoms with Crippen LogP contribution in [0.4, 0.5) is 0 Å². The molecule has 3 fully saturated rings. The molecule has 3 saturated heterocycles. The number of benzene rings is 1. The van der Waals surface area contributed by atoms with Crippen LogP contribution < -0.4 is 0 Å². The monoisotopic (exact) mass is 592 g/mol. The number of amides is 3. The lowest BCUT2D eigenvalue weighted by atomic mass is 9.73. The number of nitrogens with zero attached hydrogens (tertiary/aromatic N) is 4. The first-order chi connectivity index (χ1) is 20.9. The maximum absolute atomic E-state index is 14.5. The van der Waals surface area contributed by atoms with Crippen LogP contribution in [-0.4, -0.2) is 125 Å². The van der Waals surface area contributed by atoms with Crippen molar-refractivity contribution >= 4 is 17.7 Å². The largest absolute Gasteiger partial charge is 0.396 e. The number of fused-ring (bicyclic) bond motifs is 2. The Bertz CT molecular complexity index is 1250. The maximum Gasteiger partial charge on any atom is 0.249 e. The molecular weight excluding hydrogens is 548 g/mol. The van der Waals surface area contributed by atoms with Gasteiger partial charge >= 0.3 is 0 Å². The van der Waals surface area contributed by atoms with Gasteiger partial charge in [-0.2, -0.15) is 0 Å². The molecule has 232 valence electrons. The van der Waals surface area contributed by atoms with Crippen molar-refractivity contribution in [2.24, 2.45) is 11.8 Å². The molecule has 5 atom stereocenters. The second kappa shape index (κ2) is 12.5. The molecule has 5 aliphatic rings. The molecule has 3 amide bonds. The topological polar surface area (TPSA) is 103 Å². The van der Waals surface area contributed by atoms with Gasteiger partial charge in [0.25, 0.3) is 0 Å². The Kier molecular flexibility index (Phi) is 8.73. The lowest BCUT2D eigenvalue weighted by molar-refractivity contribution is -0.154. The van der Waals surface area contributed by atoms with E-state index in [0.717, 1.165) is 25.2 Å². The summed E-state index contributed by atoms with van der Waals surface area (Å²) >= 11 is 0. The summed E-state index contributed by atoms with van der Waals surface area (Å²) in [5, 5.41) is 9.48. The molecule has 43 heavy (non-hydrogen) atoms. The smallest absolute Gasteiger partial charge is 0.249 e. The zero-order chi connectivity index (χ0) is 30.0. The summed E-state index contributed by atoms with van der Waals surface area (Å²) in [5.41, 5.74) is -1.23. The van der Waals surface area contributed by atoms with Crippen LogP contribution in [0.15, 0.2) is 54.6 Å². The maximum atomic E-state index is 14.5. The van der Waals surface area contributed by atoms with Crippen LogP contribution in [-0.2, 0) is 30.4 Å². The summed E-state index contributed by atoms with van der Waals surface area (Å²) in [7, 11) is 0. The summed E-state index contributed by atoms with van der Waals surface area (Å²) in [5.74, 6) is -2.04. The molecule has 1 spiro atoms. The molecule has 1 aromatic rings. The molecule has 1 unspecified atom stereocenters. The standard InChI is InChI=1S/C33H44N4O6/c1-2-32-12-8-15-36(24-25-10-4-3-5-11-25)29(39)26(32)27-30(40)37(16-6-7-21-38)28-31(41)35(14-9-13-33(27,28)43-32)18-17-34-19-22-42-23-20-34/h3-5,8-13,26-28,38H,2,6-7,14-24H2,1H3/t26-,27-,28?,32+,33-/m0/s1. The number of carbonyl (C=O) groups excluding carboxylic acids is 3. The summed E-state index contributed by atoms with van der Waals surface area (Å²) in [6.45, 7) is 7.90. The molecule has 6 rings (SSSR count). The quantitative estimate of drug-likeness (QED) is 0.324. The van der Waals surface area contributed by atoms with Gasteiger partial charge in [-0.25, -0.2) is 0 Å². The van der Waals surface area contributed by atoms with E-state index in [9.17, 15) is 19.5 Å². The predicted octanol–water partition coefficient (Wildman–Crippen LogP) is 1.45. The van der Waals surface area contributed by atoms with Crippen molar-refractivity contribution in [3.05, 3.63) is 60.2 Å². The van der Waals surface area contributed by atoms with E-state index in [4.69, 9.17) is 9.47 Å². The van der Waals surface area contributed by atoms with Gasteiger partial charge in [0.1, 0.15) is 11.6 Å². The average molecular weight is 593 g/mol. The first-order valence-electron chi connectivity index (χ1n) is 15.8. The minimum absolute atomic E-state index is 0.0105. The minimum atomic E-state index is -1.25. The van der Waals surface area contributed by atoms with Crippen molar-refractivity contribution in [2.75, 3.05) is 65.6 Å². The highest BCUT2D eigenvalue weighted by Crippen LogP contribution is 2.58. The van der Waals surface area contributed by atoms with Crippen molar-refractivity contribution < 1.29 is 29.0 Å². The van der Waals surface area contributed by atoms with E-state index in [1.54, 1.807) is 4.90 Å². The van der Waals surface area contributed by atoms with Gasteiger partial charge in [0.2, 0.25) is 17.7 Å². The van der Waals surface area contributed by atoms with Crippen molar-refractivity contribution in [1.29, 1.82) is 0 Å². The van der Waals surface area contributed by atoms with Crippen LogP contribution in [0.1, 0.15) is 31.7 Å². The number of likely N-dealkylation sites (tertiary alicyclic amines) is 1. The van der Waals surface area contributed by atoms with Crippen molar-refractivity contribution in [3.8, 4) is 0 Å². The van der Waals surface area contributed by atoms with Gasteiger partial charge in [-0.05, 0) is 24.8 Å². The highest BCUT2D eigenvalue weighted by atomic mass is 16.5. The number of aliphatic hydroxyl groups is 1. The third-order valence-corrected chi connectivity index (χ3v) is 9.92. The van der Waals surface area contributed by atoms with Crippen LogP contribution in [0, 0.1) is 11.8 Å². The highest BCUT2D eigenvalue weighted by molar-refractivity contribution is 6.00. The molecule has 0 radical (unpaired) electrons. The Hall–Kier alpha value is -3.05. The summed E-state index contributed by atoms with van der Waals surface area (Å²) in [6.07, 6.45) is 9.43. The van der Waals surface area contributed by atoms with E-state index >= 15 is 0 Å². The number of hydrogen-bond donors (Lipinski definition) is 1. The molecule has 10 nitrogen and oxygen atoms in total. The predicted molar refractivity (Wildman–Crippen MR) is 160 cm³/mol. The minimum Gasteiger partial charge on any atom is -0.396 e. The molecule has 0 saturated carbocycles. The molecule has 10 heteroatoms. The fourth-order valence-corrected chi connectivity index (χ4v) is 7.73. The van der Waals surface area contributed by atoms with E-state index in [2.05, 4.69) is 4.90 Å². The van der Waals surface area contributed by atoms with Crippen LogP contribution in [0.5, 0.6) is 0 Å². The Morgan fingerprint density at radius 3 is 2.35 bits per heavy atom. The number of aliphatic hydroxyl groups excluding tert-OH is 1. The van der Waals surface area contributed by atoms with Crippen LogP contribution in [0.25, 0.3) is 0 Å². The Morgan fingerprint density at radius 2 is 1.60 bits per heavy atom. The van der Waals surface area contributed by atoms with Gasteiger partial charge in [0.15, 0.2) is 0 Å². The van der Waals surface area contributed by atoms with Gasteiger partial charge in [0, 0.05) is 59.0 Å². The molecule has 0 aromatic heterocycles. The molecule has 5 heterocycles. The molecular formula is C33H44N4O6. The van der Waals surface area contributed by atoms with E-state index in [1.165, 1.54) is 0 Å². The summed E-state index contributed by atoms with van der Waals surface area (Å²) < 4.78 is 12.5.